The van der Waals surface area contributed by atoms with Gasteiger partial charge in [-0.25, -0.2) is 0 Å². The smallest absolute Gasteiger partial charge is 0.222 e. The second kappa shape index (κ2) is 6.10. The molecule has 0 unspecified atom stereocenters. The first-order chi connectivity index (χ1) is 10.2. The summed E-state index contributed by atoms with van der Waals surface area (Å²) in [4.78, 5) is 12.1. The number of carbonyl (C=O) groups is 1. The fraction of sp³-hybridized carbons (Fsp3) is 0.278. The molecule has 0 spiro atoms. The third kappa shape index (κ3) is 3.14. The monoisotopic (exact) mass is 280 g/mol. The van der Waals surface area contributed by atoms with Gasteiger partial charge in [0.25, 0.3) is 0 Å². The van der Waals surface area contributed by atoms with E-state index in [4.69, 9.17) is 0 Å². The summed E-state index contributed by atoms with van der Waals surface area (Å²) in [6, 6.07) is 20.7. The molecule has 0 aromatic heterocycles. The molecule has 3 nitrogen and oxygen atoms in total. The van der Waals surface area contributed by atoms with Gasteiger partial charge >= 0.3 is 0 Å². The molecule has 0 saturated carbocycles. The molecule has 1 heterocycles. The van der Waals surface area contributed by atoms with Crippen LogP contribution in [0.15, 0.2) is 60.7 Å². The summed E-state index contributed by atoms with van der Waals surface area (Å²) in [5.41, 5.74) is 2.36. The fourth-order valence-corrected chi connectivity index (χ4v) is 2.95. The first kappa shape index (κ1) is 13.8. The van der Waals surface area contributed by atoms with Crippen molar-refractivity contribution >= 4 is 5.91 Å². The summed E-state index contributed by atoms with van der Waals surface area (Å²) >= 11 is 0. The second-order valence-corrected chi connectivity index (χ2v) is 5.58. The molecule has 0 radical (unpaired) electrons. The summed E-state index contributed by atoms with van der Waals surface area (Å²) in [6.45, 7) is 2.05. The lowest BCUT2D eigenvalue weighted by Gasteiger charge is -2.26. The molecule has 1 amide bonds. The van der Waals surface area contributed by atoms with Gasteiger partial charge in [0, 0.05) is 18.5 Å². The van der Waals surface area contributed by atoms with E-state index >= 15 is 0 Å². The van der Waals surface area contributed by atoms with Gasteiger partial charge in [-0.1, -0.05) is 60.7 Å². The lowest BCUT2D eigenvalue weighted by molar-refractivity contribution is -0.121. The summed E-state index contributed by atoms with van der Waals surface area (Å²) < 4.78 is 0. The Morgan fingerprint density at radius 3 is 2.10 bits per heavy atom. The Bertz CT molecular complexity index is 597. The van der Waals surface area contributed by atoms with Gasteiger partial charge in [-0.2, -0.15) is 0 Å². The Morgan fingerprint density at radius 2 is 1.48 bits per heavy atom. The number of benzene rings is 2. The van der Waals surface area contributed by atoms with Crippen molar-refractivity contribution < 1.29 is 4.79 Å². The van der Waals surface area contributed by atoms with Crippen molar-refractivity contribution in [3.8, 4) is 0 Å². The van der Waals surface area contributed by atoms with Crippen molar-refractivity contribution in [3.63, 3.8) is 0 Å². The van der Waals surface area contributed by atoms with E-state index in [1.54, 1.807) is 0 Å². The van der Waals surface area contributed by atoms with Crippen LogP contribution >= 0.6 is 0 Å². The van der Waals surface area contributed by atoms with Crippen LogP contribution in [0.25, 0.3) is 0 Å². The summed E-state index contributed by atoms with van der Waals surface area (Å²) in [7, 11) is 0. The highest BCUT2D eigenvalue weighted by Gasteiger charge is 2.29. The Morgan fingerprint density at radius 1 is 0.905 bits per heavy atom. The Balaban J connectivity index is 1.91. The van der Waals surface area contributed by atoms with Crippen LogP contribution in [0.3, 0.4) is 0 Å². The van der Waals surface area contributed by atoms with Crippen molar-refractivity contribution in [2.75, 3.05) is 0 Å². The average Bonchev–Trinajstić information content (AvgIpc) is 2.67. The average molecular weight is 280 g/mol. The Labute approximate surface area is 125 Å². The first-order valence-electron chi connectivity index (χ1n) is 7.39. The standard InChI is InChI=1S/C18H20N2O/c1-13-18(15-10-6-3-7-11-15)20-16(12-17(21)19-13)14-8-4-2-5-9-14/h2-11,13,16,18,20H,12H2,1H3,(H,19,21)/t13-,16-,18+/m1/s1. The Kier molecular flexibility index (Phi) is 4.02. The lowest BCUT2D eigenvalue weighted by atomic mass is 9.98. The van der Waals surface area contributed by atoms with Crippen LogP contribution in [0.2, 0.25) is 0 Å². The predicted octanol–water partition coefficient (Wildman–Crippen LogP) is 2.97. The molecule has 1 aliphatic heterocycles. The molecule has 1 saturated heterocycles. The molecule has 1 aliphatic rings. The van der Waals surface area contributed by atoms with Gasteiger partial charge in [0.15, 0.2) is 0 Å². The highest BCUT2D eigenvalue weighted by molar-refractivity contribution is 5.77. The zero-order valence-electron chi connectivity index (χ0n) is 12.1. The van der Waals surface area contributed by atoms with E-state index in [0.29, 0.717) is 6.42 Å². The van der Waals surface area contributed by atoms with E-state index in [9.17, 15) is 4.79 Å². The normalized spacial score (nSPS) is 26.0. The molecule has 2 aromatic rings. The minimum absolute atomic E-state index is 0.0429. The third-order valence-corrected chi connectivity index (χ3v) is 4.02. The van der Waals surface area contributed by atoms with Crippen molar-refractivity contribution in [1.29, 1.82) is 0 Å². The number of amides is 1. The van der Waals surface area contributed by atoms with Crippen LogP contribution in [0.5, 0.6) is 0 Å². The van der Waals surface area contributed by atoms with Gasteiger partial charge in [-0.3, -0.25) is 4.79 Å². The SMILES string of the molecule is C[C@H]1NC(=O)C[C@H](c2ccccc2)N[C@@H]1c1ccccc1. The molecule has 1 fully saturated rings. The molecular weight excluding hydrogens is 260 g/mol. The number of hydrogen-bond acceptors (Lipinski definition) is 2. The van der Waals surface area contributed by atoms with E-state index in [0.717, 1.165) is 5.56 Å². The van der Waals surface area contributed by atoms with Crippen molar-refractivity contribution in [1.82, 2.24) is 10.6 Å². The summed E-state index contributed by atoms with van der Waals surface area (Å²) in [5.74, 6) is 0.0993. The molecule has 2 N–H and O–H groups in total. The Hall–Kier alpha value is -2.13. The maximum atomic E-state index is 12.1. The lowest BCUT2D eigenvalue weighted by Crippen LogP contribution is -2.38. The molecule has 2 aromatic carbocycles. The minimum atomic E-state index is 0.0429. The van der Waals surface area contributed by atoms with Crippen LogP contribution in [-0.4, -0.2) is 11.9 Å². The molecule has 3 atom stereocenters. The van der Waals surface area contributed by atoms with Gasteiger partial charge < -0.3 is 10.6 Å². The zero-order valence-corrected chi connectivity index (χ0v) is 12.1. The zero-order chi connectivity index (χ0) is 14.7. The molecule has 3 heteroatoms. The highest BCUT2D eigenvalue weighted by atomic mass is 16.1. The van der Waals surface area contributed by atoms with E-state index in [1.807, 2.05) is 36.4 Å². The largest absolute Gasteiger partial charge is 0.352 e. The van der Waals surface area contributed by atoms with Crippen molar-refractivity contribution in [3.05, 3.63) is 71.8 Å². The molecule has 3 rings (SSSR count). The van der Waals surface area contributed by atoms with Gasteiger partial charge in [0.2, 0.25) is 5.91 Å². The summed E-state index contributed by atoms with van der Waals surface area (Å²) in [6.07, 6.45) is 0.470. The number of hydrogen-bond donors (Lipinski definition) is 2. The molecule has 21 heavy (non-hydrogen) atoms. The molecular formula is C18H20N2O. The number of rotatable bonds is 2. The van der Waals surface area contributed by atoms with E-state index in [-0.39, 0.29) is 24.0 Å². The summed E-state index contributed by atoms with van der Waals surface area (Å²) in [5, 5.41) is 6.73. The predicted molar refractivity (Wildman–Crippen MR) is 83.7 cm³/mol. The van der Waals surface area contributed by atoms with Crippen LogP contribution in [-0.2, 0) is 4.79 Å². The topological polar surface area (TPSA) is 41.1 Å². The third-order valence-electron chi connectivity index (χ3n) is 4.02. The highest BCUT2D eigenvalue weighted by Crippen LogP contribution is 2.27. The van der Waals surface area contributed by atoms with Crippen molar-refractivity contribution in [2.45, 2.75) is 31.5 Å². The molecule has 0 aliphatic carbocycles. The maximum absolute atomic E-state index is 12.1. The van der Waals surface area contributed by atoms with E-state index in [2.05, 4.69) is 41.8 Å². The van der Waals surface area contributed by atoms with Crippen LogP contribution in [0.4, 0.5) is 0 Å². The van der Waals surface area contributed by atoms with E-state index < -0.39 is 0 Å². The second-order valence-electron chi connectivity index (χ2n) is 5.58. The molecule has 108 valence electrons. The van der Waals surface area contributed by atoms with E-state index in [1.165, 1.54) is 5.56 Å². The number of carbonyl (C=O) groups excluding carboxylic acids is 1. The quantitative estimate of drug-likeness (QED) is 0.888. The van der Waals surface area contributed by atoms with Gasteiger partial charge in [-0.15, -0.1) is 0 Å². The fourth-order valence-electron chi connectivity index (χ4n) is 2.95. The maximum Gasteiger partial charge on any atom is 0.222 e. The molecule has 0 bridgehead atoms. The van der Waals surface area contributed by atoms with Crippen LogP contribution in [0.1, 0.15) is 36.6 Å². The van der Waals surface area contributed by atoms with Gasteiger partial charge in [-0.05, 0) is 18.1 Å². The van der Waals surface area contributed by atoms with Crippen molar-refractivity contribution in [2.24, 2.45) is 0 Å². The van der Waals surface area contributed by atoms with Crippen LogP contribution in [0, 0.1) is 0 Å². The number of nitrogens with one attached hydrogen (secondary N) is 2. The minimum Gasteiger partial charge on any atom is -0.352 e. The van der Waals surface area contributed by atoms with Gasteiger partial charge in [0.1, 0.15) is 0 Å². The first-order valence-corrected chi connectivity index (χ1v) is 7.39. The van der Waals surface area contributed by atoms with Crippen LogP contribution < -0.4 is 10.6 Å². The van der Waals surface area contributed by atoms with Gasteiger partial charge in [0.05, 0.1) is 6.04 Å².